The van der Waals surface area contributed by atoms with Crippen molar-refractivity contribution in [1.29, 1.82) is 0 Å². The summed E-state index contributed by atoms with van der Waals surface area (Å²) in [6.07, 6.45) is 17.3. The number of azo groups is 1. The average Bonchev–Trinajstić information content (AvgIpc) is 1.35. The smallest absolute Gasteiger partial charge is 0.128 e. The van der Waals surface area contributed by atoms with Gasteiger partial charge in [0.1, 0.15) is 25.4 Å². The van der Waals surface area contributed by atoms with Crippen LogP contribution in [0.4, 0.5) is 0 Å². The minimum absolute atomic E-state index is 0. The Morgan fingerprint density at radius 1 is 0.448 bits per heavy atom. The summed E-state index contributed by atoms with van der Waals surface area (Å²) in [7, 11) is 9.05. The number of amidine groups is 2. The molecule has 0 aliphatic carbocycles. The molecule has 0 fully saturated rings. The molecule has 654 valence electrons. The van der Waals surface area contributed by atoms with Crippen molar-refractivity contribution < 1.29 is 9.68 Å². The van der Waals surface area contributed by atoms with Gasteiger partial charge in [-0.15, -0.1) is 30.6 Å². The molecule has 7 aromatic rings. The second kappa shape index (κ2) is 45.3. The Morgan fingerprint density at radius 3 is 1.12 bits per heavy atom. The third-order valence-corrected chi connectivity index (χ3v) is 16.7. The molecular formula is C85H155ClN28O2. The zero-order valence-electron chi connectivity index (χ0n) is 79.3. The van der Waals surface area contributed by atoms with E-state index in [0.29, 0.717) is 13.2 Å². The number of nitrogens with zero attached hydrogens (tertiary/aromatic N) is 28. The van der Waals surface area contributed by atoms with E-state index in [1.165, 1.54) is 26.7 Å². The molecule has 0 saturated heterocycles. The van der Waals surface area contributed by atoms with Crippen LogP contribution in [-0.4, -0.2) is 168 Å². The highest BCUT2D eigenvalue weighted by Gasteiger charge is 2.27. The van der Waals surface area contributed by atoms with Crippen LogP contribution < -0.4 is 9.68 Å². The lowest BCUT2D eigenvalue weighted by Crippen LogP contribution is -2.21. The van der Waals surface area contributed by atoms with E-state index in [1.807, 2.05) is 84.6 Å². The van der Waals surface area contributed by atoms with Gasteiger partial charge in [0.15, 0.2) is 0 Å². The monoisotopic (exact) mass is 1640 g/mol. The molecule has 4 aliphatic heterocycles. The first-order valence-electron chi connectivity index (χ1n) is 39.7. The van der Waals surface area contributed by atoms with Crippen molar-refractivity contribution in [3.8, 4) is 0 Å². The Balaban J connectivity index is 0.00000125. The first kappa shape index (κ1) is 107. The number of hydrogen-bond donors (Lipinski definition) is 0. The van der Waals surface area contributed by atoms with Crippen LogP contribution in [0.5, 0.6) is 0 Å². The molecule has 11 heterocycles. The molecule has 0 radical (unpaired) electrons. The number of aromatic nitrogens is 21. The highest BCUT2D eigenvalue weighted by molar-refractivity contribution is 6.30. The van der Waals surface area contributed by atoms with Crippen molar-refractivity contribution in [1.82, 2.24) is 105 Å². The van der Waals surface area contributed by atoms with Crippen LogP contribution in [0, 0.1) is 21.7 Å². The highest BCUT2D eigenvalue weighted by atomic mass is 35.5. The zero-order valence-corrected chi connectivity index (χ0v) is 80.0. The van der Waals surface area contributed by atoms with Gasteiger partial charge in [0.25, 0.3) is 0 Å². The predicted molar refractivity (Wildman–Crippen MR) is 479 cm³/mol. The van der Waals surface area contributed by atoms with Gasteiger partial charge in [0.2, 0.25) is 0 Å². The lowest BCUT2D eigenvalue weighted by atomic mass is 9.90. The third-order valence-electron chi connectivity index (χ3n) is 16.4. The maximum absolute atomic E-state index is 5.85. The maximum atomic E-state index is 5.85. The number of allylic oxidation sites excluding steroid dienone is 3. The first-order valence-corrected chi connectivity index (χ1v) is 40.1. The van der Waals surface area contributed by atoms with E-state index in [4.69, 9.17) is 21.3 Å². The number of halogens is 1. The fraction of sp³-hybridized carbons (Fsp3) is 0.729. The van der Waals surface area contributed by atoms with Crippen LogP contribution >= 0.6 is 11.6 Å². The Kier molecular flexibility index (Phi) is 41.9. The second-order valence-corrected chi connectivity index (χ2v) is 40.4. The lowest BCUT2D eigenvalue weighted by molar-refractivity contribution is 0.0883. The van der Waals surface area contributed by atoms with Gasteiger partial charge in [-0.2, -0.15) is 25.2 Å². The summed E-state index contributed by atoms with van der Waals surface area (Å²) in [5.41, 5.74) is 14.4. The molecular weight excluding hydrogens is 1480 g/mol. The molecule has 0 unspecified atom stereocenters. The molecule has 0 N–H and O–H groups in total. The summed E-state index contributed by atoms with van der Waals surface area (Å²) >= 11 is 5.85. The van der Waals surface area contributed by atoms with Gasteiger partial charge in [-0.05, 0) is 50.1 Å². The summed E-state index contributed by atoms with van der Waals surface area (Å²) in [6, 6.07) is 0. The minimum atomic E-state index is 0. The predicted octanol–water partition coefficient (Wildman–Crippen LogP) is 18.3. The second-order valence-electron chi connectivity index (χ2n) is 40.0. The van der Waals surface area contributed by atoms with E-state index >= 15 is 0 Å². The summed E-state index contributed by atoms with van der Waals surface area (Å²) in [6.45, 7) is 84.1. The molecule has 7 aromatic heterocycles. The quantitative estimate of drug-likeness (QED) is 0.155. The fourth-order valence-electron chi connectivity index (χ4n) is 9.36. The van der Waals surface area contributed by atoms with Gasteiger partial charge in [0, 0.05) is 143 Å². The summed E-state index contributed by atoms with van der Waals surface area (Å²) in [5, 5.41) is 63.8. The van der Waals surface area contributed by atoms with Gasteiger partial charge in [-0.3, -0.25) is 33.7 Å². The number of rotatable bonds is 5. The van der Waals surface area contributed by atoms with Crippen LogP contribution in [0.3, 0.4) is 0 Å². The molecule has 0 spiro atoms. The van der Waals surface area contributed by atoms with Crippen molar-refractivity contribution in [2.24, 2.45) is 85.0 Å². The van der Waals surface area contributed by atoms with Gasteiger partial charge in [0.05, 0.1) is 95.0 Å². The molecule has 0 saturated carbocycles. The Hall–Kier alpha value is -8.70. The van der Waals surface area contributed by atoms with E-state index in [2.05, 4.69) is 350 Å². The van der Waals surface area contributed by atoms with Gasteiger partial charge in [-0.25, -0.2) is 9.98 Å². The molecule has 30 nitrogen and oxygen atoms in total. The molecule has 4 aliphatic rings. The van der Waals surface area contributed by atoms with Crippen LogP contribution in [-0.2, 0) is 72.6 Å². The SMILES string of the molecule is C.CC(C)(C)C1=C(Cl)CN=N1.CC1=C(C(C)(C)C)N=CC1.CC1=NC(C(C)(C)C)=NC1.CC1=NCC(C(C)(C)C)=N1.CCCn1cc(C(C)(C)C)nn1.CCOn1cc(C(C)(C)C)nn1.COn1cc(C(C)(C)C)nn1.Cn1cc(C(C)(C)C)nn1.Cn1cc(C(C)(C)C)nn1.Cn1ncc(C(C)(C)C)n1.Cn1nncc1C(C)(C)C. The number of aliphatic imine (C=N–C) groups is 5. The molecule has 11 rings (SSSR count). The van der Waals surface area contributed by atoms with Crippen LogP contribution in [0.15, 0.2) is 101 Å². The average molecular weight is 1640 g/mol. The zero-order chi connectivity index (χ0) is 89.1. The largest absolute Gasteiger partial charge is 0.399 e. The van der Waals surface area contributed by atoms with Crippen molar-refractivity contribution in [3.05, 3.63) is 105 Å². The first-order chi connectivity index (χ1) is 52.2. The Bertz CT molecular complexity index is 4060. The molecule has 0 bridgehead atoms. The van der Waals surface area contributed by atoms with Gasteiger partial charge in [-0.1, -0.05) is 285 Å². The van der Waals surface area contributed by atoms with Crippen molar-refractivity contribution >= 4 is 40.9 Å². The van der Waals surface area contributed by atoms with Crippen molar-refractivity contribution in [2.75, 3.05) is 33.4 Å². The van der Waals surface area contributed by atoms with Crippen LogP contribution in [0.2, 0.25) is 0 Å². The Morgan fingerprint density at radius 2 is 0.897 bits per heavy atom. The molecule has 31 heteroatoms. The van der Waals surface area contributed by atoms with Crippen molar-refractivity contribution in [3.63, 3.8) is 0 Å². The highest BCUT2D eigenvalue weighted by Crippen LogP contribution is 2.35. The standard InChI is InChI=1S/C9H17N3.C9H15N.C8H15N3O.2C8H14N2.C7H11ClN2.C7H13N3O.4C7H13N3.CH4/c1-5-6-12-7-8(10-11-12)9(2,3)4;1-7-5-6-10-8(7)9(2,3)4;1-5-12-11-6-7(9-10-11)8(2,3)4;1-6-9-5-7(10-6)8(2,3)4;1-6-5-9-7(10-6)8(2,3)4;1-7(2,3)6-5(8)4-9-10-6;1-7(2,3)6-5-10(11-4)9-8-6;2*1-7(2,3)6-5-10(4)9-8-6;1-7(2,3)6-5-8-9-10(6)4;1-7(2,3)6-5-8-10(4)9-6;/h7H,5-6H2,1-4H3;6H,5H2,1-4H3;6H,5H2,1-4H3;2*5H2,1-4H3;4H2,1-3H3;5H,1-4H3;4*5H,1-4H3;1H4. The number of hydrogen-bond acceptors (Lipinski definition) is 23. The molecule has 0 atom stereocenters. The third kappa shape index (κ3) is 40.9. The van der Waals surface area contributed by atoms with Crippen LogP contribution in [0.1, 0.15) is 323 Å². The molecule has 0 aromatic carbocycles. The lowest BCUT2D eigenvalue weighted by Gasteiger charge is -2.18. The van der Waals surface area contributed by atoms with E-state index < -0.39 is 0 Å². The summed E-state index contributed by atoms with van der Waals surface area (Å²) in [5.74, 6) is 1.91. The summed E-state index contributed by atoms with van der Waals surface area (Å²) in [4.78, 5) is 35.8. The minimum Gasteiger partial charge on any atom is -0.399 e. The van der Waals surface area contributed by atoms with E-state index in [9.17, 15) is 0 Å². The van der Waals surface area contributed by atoms with Gasteiger partial charge >= 0.3 is 0 Å². The summed E-state index contributed by atoms with van der Waals surface area (Å²) < 4.78 is 7.15. The normalized spacial score (nSPS) is 14.2. The van der Waals surface area contributed by atoms with Crippen molar-refractivity contribution in [2.45, 2.75) is 328 Å². The van der Waals surface area contributed by atoms with E-state index in [-0.39, 0.29) is 67.0 Å². The Labute approximate surface area is 703 Å². The van der Waals surface area contributed by atoms with Crippen LogP contribution in [0.25, 0.3) is 0 Å². The fourth-order valence-corrected chi connectivity index (χ4v) is 9.74. The number of aryl methyl sites for hydroxylation is 5. The van der Waals surface area contributed by atoms with E-state index in [1.54, 1.807) is 44.5 Å². The topological polar surface area (TPSA) is 320 Å². The molecule has 0 amide bonds. The maximum Gasteiger partial charge on any atom is 0.128 e. The molecule has 116 heavy (non-hydrogen) atoms. The van der Waals surface area contributed by atoms with E-state index in [0.717, 1.165) is 100 Å². The van der Waals surface area contributed by atoms with Gasteiger partial charge < -0.3 is 9.68 Å².